The summed E-state index contributed by atoms with van der Waals surface area (Å²) in [7, 11) is 0. The molecule has 6 heteroatoms. The number of nitrogen functional groups attached to an aromatic ring is 1. The Labute approximate surface area is 104 Å². The van der Waals surface area contributed by atoms with Crippen LogP contribution in [0.5, 0.6) is 0 Å². The quantitative estimate of drug-likeness (QED) is 0.574. The smallest absolute Gasteiger partial charge is 0.337 e. The Morgan fingerprint density at radius 3 is 2.72 bits per heavy atom. The molecule has 6 nitrogen and oxygen atoms in total. The van der Waals surface area contributed by atoms with Crippen LogP contribution in [0, 0.1) is 0 Å². The molecule has 0 unspecified atom stereocenters. The zero-order valence-electron chi connectivity index (χ0n) is 9.77. The molecule has 0 atom stereocenters. The molecule has 1 aliphatic rings. The lowest BCUT2D eigenvalue weighted by Crippen LogP contribution is -2.31. The standard InChI is InChI=1S/C12H15N3O3/c13-9-3-1-2-8(12(17)18)11(9)14-6-10(16)15-7-4-5-7/h1-3,7,14H,4-6,13H2,(H,15,16)(H,17,18). The second-order valence-electron chi connectivity index (χ2n) is 4.27. The topological polar surface area (TPSA) is 104 Å². The van der Waals surface area contributed by atoms with Crippen molar-refractivity contribution < 1.29 is 14.7 Å². The molecular weight excluding hydrogens is 234 g/mol. The SMILES string of the molecule is Nc1cccc(C(=O)O)c1NCC(=O)NC1CC1. The molecule has 1 fully saturated rings. The molecule has 0 spiro atoms. The molecular formula is C12H15N3O3. The predicted octanol–water partition coefficient (Wildman–Crippen LogP) is 0.657. The second kappa shape index (κ2) is 4.95. The van der Waals surface area contributed by atoms with Crippen molar-refractivity contribution in [1.82, 2.24) is 5.32 Å². The van der Waals surface area contributed by atoms with Gasteiger partial charge in [0.05, 0.1) is 23.5 Å². The largest absolute Gasteiger partial charge is 0.478 e. The molecule has 0 bridgehead atoms. The summed E-state index contributed by atoms with van der Waals surface area (Å²) >= 11 is 0. The van der Waals surface area contributed by atoms with E-state index in [1.165, 1.54) is 6.07 Å². The zero-order chi connectivity index (χ0) is 13.1. The molecule has 2 rings (SSSR count). The van der Waals surface area contributed by atoms with Gasteiger partial charge in [0, 0.05) is 6.04 Å². The Hall–Kier alpha value is -2.24. The molecule has 1 aromatic rings. The Morgan fingerprint density at radius 1 is 1.39 bits per heavy atom. The number of carboxylic acids is 1. The van der Waals surface area contributed by atoms with E-state index in [1.807, 2.05) is 0 Å². The lowest BCUT2D eigenvalue weighted by atomic mass is 10.1. The average Bonchev–Trinajstić information content (AvgIpc) is 3.10. The van der Waals surface area contributed by atoms with Crippen LogP contribution in [0.1, 0.15) is 23.2 Å². The summed E-state index contributed by atoms with van der Waals surface area (Å²) in [5, 5.41) is 14.6. The van der Waals surface area contributed by atoms with Crippen LogP contribution in [-0.2, 0) is 4.79 Å². The summed E-state index contributed by atoms with van der Waals surface area (Å²) < 4.78 is 0. The van der Waals surface area contributed by atoms with Gasteiger partial charge in [-0.3, -0.25) is 4.79 Å². The maximum Gasteiger partial charge on any atom is 0.337 e. The lowest BCUT2D eigenvalue weighted by Gasteiger charge is -2.12. The first-order chi connectivity index (χ1) is 8.58. The number of rotatable bonds is 5. The molecule has 0 heterocycles. The molecule has 1 aliphatic carbocycles. The maximum atomic E-state index is 11.5. The first kappa shape index (κ1) is 12.2. The average molecular weight is 249 g/mol. The molecule has 0 saturated heterocycles. The highest BCUT2D eigenvalue weighted by Crippen LogP contribution is 2.23. The monoisotopic (exact) mass is 249 g/mol. The summed E-state index contributed by atoms with van der Waals surface area (Å²) in [6.45, 7) is 0.0188. The van der Waals surface area contributed by atoms with E-state index < -0.39 is 5.97 Å². The Balaban J connectivity index is 2.03. The van der Waals surface area contributed by atoms with Crippen LogP contribution in [0.3, 0.4) is 0 Å². The maximum absolute atomic E-state index is 11.5. The summed E-state index contributed by atoms with van der Waals surface area (Å²) in [6.07, 6.45) is 2.03. The fourth-order valence-electron chi connectivity index (χ4n) is 1.62. The minimum atomic E-state index is -1.08. The molecule has 18 heavy (non-hydrogen) atoms. The van der Waals surface area contributed by atoms with Crippen LogP contribution in [0.2, 0.25) is 0 Å². The van der Waals surface area contributed by atoms with Crippen molar-refractivity contribution in [2.45, 2.75) is 18.9 Å². The number of para-hydroxylation sites is 1. The third-order valence-electron chi connectivity index (χ3n) is 2.70. The predicted molar refractivity (Wildman–Crippen MR) is 67.5 cm³/mol. The Morgan fingerprint density at radius 2 is 2.11 bits per heavy atom. The van der Waals surface area contributed by atoms with Crippen LogP contribution >= 0.6 is 0 Å². The Bertz CT molecular complexity index is 483. The van der Waals surface area contributed by atoms with Gasteiger partial charge in [0.25, 0.3) is 0 Å². The first-order valence-electron chi connectivity index (χ1n) is 5.73. The van der Waals surface area contributed by atoms with Gasteiger partial charge in [-0.1, -0.05) is 6.07 Å². The van der Waals surface area contributed by atoms with Crippen molar-refractivity contribution in [3.8, 4) is 0 Å². The minimum absolute atomic E-state index is 0.0188. The highest BCUT2D eigenvalue weighted by Gasteiger charge is 2.23. The molecule has 0 aromatic heterocycles. The molecule has 1 amide bonds. The zero-order valence-corrected chi connectivity index (χ0v) is 9.77. The van der Waals surface area contributed by atoms with Crippen LogP contribution in [0.25, 0.3) is 0 Å². The van der Waals surface area contributed by atoms with Gasteiger partial charge in [-0.25, -0.2) is 4.79 Å². The molecule has 96 valence electrons. The Kier molecular flexibility index (Phi) is 3.36. The molecule has 1 saturated carbocycles. The number of carbonyl (C=O) groups is 2. The van der Waals surface area contributed by atoms with E-state index in [4.69, 9.17) is 10.8 Å². The number of benzene rings is 1. The van der Waals surface area contributed by atoms with Gasteiger partial charge in [0.15, 0.2) is 0 Å². The van der Waals surface area contributed by atoms with Crippen molar-refractivity contribution in [2.24, 2.45) is 0 Å². The van der Waals surface area contributed by atoms with Crippen molar-refractivity contribution in [3.05, 3.63) is 23.8 Å². The fraction of sp³-hybridized carbons (Fsp3) is 0.333. The van der Waals surface area contributed by atoms with E-state index in [-0.39, 0.29) is 29.7 Å². The number of nitrogens with two attached hydrogens (primary N) is 1. The number of carbonyl (C=O) groups excluding carboxylic acids is 1. The van der Waals surface area contributed by atoms with E-state index in [1.54, 1.807) is 12.1 Å². The van der Waals surface area contributed by atoms with Gasteiger partial charge in [0.2, 0.25) is 5.91 Å². The van der Waals surface area contributed by atoms with Gasteiger partial charge in [-0.2, -0.15) is 0 Å². The summed E-state index contributed by atoms with van der Waals surface area (Å²) in [4.78, 5) is 22.5. The summed E-state index contributed by atoms with van der Waals surface area (Å²) in [5.74, 6) is -1.23. The van der Waals surface area contributed by atoms with Gasteiger partial charge in [0.1, 0.15) is 0 Å². The molecule has 0 radical (unpaired) electrons. The van der Waals surface area contributed by atoms with E-state index in [0.29, 0.717) is 5.69 Å². The van der Waals surface area contributed by atoms with Crippen LogP contribution in [0.15, 0.2) is 18.2 Å². The number of hydrogen-bond acceptors (Lipinski definition) is 4. The first-order valence-corrected chi connectivity index (χ1v) is 5.73. The van der Waals surface area contributed by atoms with Gasteiger partial charge in [-0.15, -0.1) is 0 Å². The number of carboxylic acid groups (broad SMARTS) is 1. The summed E-state index contributed by atoms with van der Waals surface area (Å²) in [5.41, 5.74) is 6.37. The van der Waals surface area contributed by atoms with Crippen LogP contribution in [0.4, 0.5) is 11.4 Å². The minimum Gasteiger partial charge on any atom is -0.478 e. The van der Waals surface area contributed by atoms with Gasteiger partial charge < -0.3 is 21.5 Å². The lowest BCUT2D eigenvalue weighted by molar-refractivity contribution is -0.119. The number of nitrogens with one attached hydrogen (secondary N) is 2. The number of aromatic carboxylic acids is 1. The van der Waals surface area contributed by atoms with Crippen molar-refractivity contribution in [3.63, 3.8) is 0 Å². The second-order valence-corrected chi connectivity index (χ2v) is 4.27. The summed E-state index contributed by atoms with van der Waals surface area (Å²) in [6, 6.07) is 4.88. The van der Waals surface area contributed by atoms with Gasteiger partial charge >= 0.3 is 5.97 Å². The molecule has 0 aliphatic heterocycles. The molecule has 1 aromatic carbocycles. The number of anilines is 2. The number of hydrogen-bond donors (Lipinski definition) is 4. The van der Waals surface area contributed by atoms with Crippen molar-refractivity contribution >= 4 is 23.3 Å². The highest BCUT2D eigenvalue weighted by molar-refractivity contribution is 5.98. The third kappa shape index (κ3) is 2.91. The van der Waals surface area contributed by atoms with Crippen molar-refractivity contribution in [1.29, 1.82) is 0 Å². The normalized spacial score (nSPS) is 14.0. The van der Waals surface area contributed by atoms with E-state index in [2.05, 4.69) is 10.6 Å². The van der Waals surface area contributed by atoms with Gasteiger partial charge in [-0.05, 0) is 25.0 Å². The van der Waals surface area contributed by atoms with E-state index >= 15 is 0 Å². The van der Waals surface area contributed by atoms with E-state index in [0.717, 1.165) is 12.8 Å². The van der Waals surface area contributed by atoms with Crippen molar-refractivity contribution in [2.75, 3.05) is 17.6 Å². The van der Waals surface area contributed by atoms with Crippen LogP contribution in [-0.4, -0.2) is 29.6 Å². The molecule has 5 N–H and O–H groups in total. The third-order valence-corrected chi connectivity index (χ3v) is 2.70. The fourth-order valence-corrected chi connectivity index (χ4v) is 1.62. The van der Waals surface area contributed by atoms with E-state index in [9.17, 15) is 9.59 Å². The van der Waals surface area contributed by atoms with Crippen LogP contribution < -0.4 is 16.4 Å². The highest BCUT2D eigenvalue weighted by atomic mass is 16.4. The number of amides is 1.